The first-order valence-electron chi connectivity index (χ1n) is 9.70. The van der Waals surface area contributed by atoms with Gasteiger partial charge in [0.25, 0.3) is 5.56 Å². The summed E-state index contributed by atoms with van der Waals surface area (Å²) in [4.78, 5) is 26.2. The number of hydrogen-bond acceptors (Lipinski definition) is 5. The van der Waals surface area contributed by atoms with Crippen LogP contribution >= 0.6 is 0 Å². The highest BCUT2D eigenvalue weighted by Gasteiger charge is 2.38. The maximum absolute atomic E-state index is 13.6. The molecule has 0 aliphatic carbocycles. The number of ether oxygens (including phenoxy) is 2. The van der Waals surface area contributed by atoms with E-state index in [-0.39, 0.29) is 28.3 Å². The molecule has 0 saturated heterocycles. The van der Waals surface area contributed by atoms with Crippen LogP contribution in [-0.2, 0) is 16.1 Å². The molecule has 0 fully saturated rings. The molecule has 1 atom stereocenters. The van der Waals surface area contributed by atoms with E-state index in [0.717, 1.165) is 5.56 Å². The third kappa shape index (κ3) is 3.70. The molecule has 0 saturated carbocycles. The van der Waals surface area contributed by atoms with E-state index in [1.54, 1.807) is 17.6 Å². The number of aryl methyl sites for hydroxylation is 1. The molecule has 2 heterocycles. The van der Waals surface area contributed by atoms with E-state index >= 15 is 0 Å². The molecule has 0 amide bonds. The standard InChI is InChI=1S/C24H21FN2O4/c1-14-12-18-20(23(28)27(14)13-15-6-4-3-5-7-15)19(16-8-10-17(25)11-9-16)21(22(26)31-18)24(29)30-2/h3-12,19H,13,26H2,1-2H3/t19-/m0/s1. The number of benzene rings is 2. The minimum absolute atomic E-state index is 0.00817. The number of fused-ring (bicyclic) bond motifs is 1. The summed E-state index contributed by atoms with van der Waals surface area (Å²) < 4.78 is 25.8. The second-order valence-electron chi connectivity index (χ2n) is 7.30. The summed E-state index contributed by atoms with van der Waals surface area (Å²) in [6, 6.07) is 16.9. The Hall–Kier alpha value is -3.87. The minimum atomic E-state index is -0.855. The lowest BCUT2D eigenvalue weighted by molar-refractivity contribution is -0.136. The fraction of sp³-hybridized carbons (Fsp3) is 0.167. The number of hydrogen-bond donors (Lipinski definition) is 1. The number of carbonyl (C=O) groups is 1. The molecule has 1 aliphatic heterocycles. The molecule has 4 rings (SSSR count). The Labute approximate surface area is 178 Å². The average molecular weight is 420 g/mol. The second-order valence-corrected chi connectivity index (χ2v) is 7.30. The quantitative estimate of drug-likeness (QED) is 0.656. The van der Waals surface area contributed by atoms with Gasteiger partial charge in [0.05, 0.1) is 25.1 Å². The van der Waals surface area contributed by atoms with Crippen molar-refractivity contribution in [1.82, 2.24) is 4.57 Å². The van der Waals surface area contributed by atoms with Crippen LogP contribution < -0.4 is 16.0 Å². The third-order valence-electron chi connectivity index (χ3n) is 5.36. The zero-order chi connectivity index (χ0) is 22.1. The lowest BCUT2D eigenvalue weighted by Crippen LogP contribution is -2.35. The van der Waals surface area contributed by atoms with Gasteiger partial charge < -0.3 is 19.8 Å². The van der Waals surface area contributed by atoms with E-state index in [0.29, 0.717) is 17.8 Å². The highest BCUT2D eigenvalue weighted by Crippen LogP contribution is 2.41. The molecule has 1 aliphatic rings. The molecule has 0 spiro atoms. The van der Waals surface area contributed by atoms with Gasteiger partial charge in [-0.1, -0.05) is 42.5 Å². The van der Waals surface area contributed by atoms with Crippen molar-refractivity contribution in [1.29, 1.82) is 0 Å². The summed E-state index contributed by atoms with van der Waals surface area (Å²) in [6.45, 7) is 2.15. The van der Waals surface area contributed by atoms with E-state index in [9.17, 15) is 14.0 Å². The molecule has 158 valence electrons. The van der Waals surface area contributed by atoms with Gasteiger partial charge in [-0.05, 0) is 30.2 Å². The zero-order valence-corrected chi connectivity index (χ0v) is 17.1. The summed E-state index contributed by atoms with van der Waals surface area (Å²) in [5.74, 6) is -1.88. The Morgan fingerprint density at radius 1 is 1.16 bits per heavy atom. The normalized spacial score (nSPS) is 15.3. The highest BCUT2D eigenvalue weighted by atomic mass is 19.1. The molecule has 1 aromatic heterocycles. The van der Waals surface area contributed by atoms with Gasteiger partial charge in [0.2, 0.25) is 5.88 Å². The SMILES string of the molecule is COC(=O)C1=C(N)Oc2cc(C)n(Cc3ccccc3)c(=O)c2[C@@H]1c1ccc(F)cc1. The maximum atomic E-state index is 13.6. The topological polar surface area (TPSA) is 83.5 Å². The molecule has 0 bridgehead atoms. The Bertz CT molecular complexity index is 1230. The number of carbonyl (C=O) groups excluding carboxylic acids is 1. The van der Waals surface area contributed by atoms with Crippen LogP contribution in [0.2, 0.25) is 0 Å². The number of aromatic nitrogens is 1. The van der Waals surface area contributed by atoms with Crippen molar-refractivity contribution in [3.8, 4) is 5.75 Å². The number of methoxy groups -OCH3 is 1. The van der Waals surface area contributed by atoms with E-state index in [2.05, 4.69) is 0 Å². The molecular formula is C24H21FN2O4. The molecule has 6 nitrogen and oxygen atoms in total. The van der Waals surface area contributed by atoms with Crippen molar-refractivity contribution in [2.24, 2.45) is 5.73 Å². The Balaban J connectivity index is 1.94. The first-order valence-corrected chi connectivity index (χ1v) is 9.70. The van der Waals surface area contributed by atoms with Crippen molar-refractivity contribution in [3.63, 3.8) is 0 Å². The van der Waals surface area contributed by atoms with Gasteiger partial charge in [-0.15, -0.1) is 0 Å². The first-order chi connectivity index (χ1) is 14.9. The van der Waals surface area contributed by atoms with Gasteiger partial charge in [-0.3, -0.25) is 4.79 Å². The van der Waals surface area contributed by atoms with Crippen molar-refractivity contribution >= 4 is 5.97 Å². The van der Waals surface area contributed by atoms with Crippen LogP contribution in [0.25, 0.3) is 0 Å². The smallest absolute Gasteiger partial charge is 0.340 e. The van der Waals surface area contributed by atoms with Gasteiger partial charge in [-0.25, -0.2) is 9.18 Å². The average Bonchev–Trinajstić information content (AvgIpc) is 2.76. The predicted octanol–water partition coefficient (Wildman–Crippen LogP) is 3.21. The van der Waals surface area contributed by atoms with Crippen LogP contribution in [0.3, 0.4) is 0 Å². The molecule has 2 aromatic carbocycles. The van der Waals surface area contributed by atoms with Gasteiger partial charge in [0, 0.05) is 11.8 Å². The zero-order valence-electron chi connectivity index (χ0n) is 17.1. The van der Waals surface area contributed by atoms with Crippen molar-refractivity contribution in [2.45, 2.75) is 19.4 Å². The van der Waals surface area contributed by atoms with E-state index in [1.165, 1.54) is 31.4 Å². The van der Waals surface area contributed by atoms with Crippen LogP contribution in [0.4, 0.5) is 4.39 Å². The summed E-state index contributed by atoms with van der Waals surface area (Å²) >= 11 is 0. The Morgan fingerprint density at radius 2 is 1.84 bits per heavy atom. The number of esters is 1. The number of halogens is 1. The largest absolute Gasteiger partial charge is 0.465 e. The van der Waals surface area contributed by atoms with Crippen LogP contribution in [0.1, 0.15) is 28.3 Å². The number of nitrogens with zero attached hydrogens (tertiary/aromatic N) is 1. The van der Waals surface area contributed by atoms with Crippen molar-refractivity contribution < 1.29 is 18.7 Å². The fourth-order valence-corrected chi connectivity index (χ4v) is 3.85. The summed E-state index contributed by atoms with van der Waals surface area (Å²) in [5, 5.41) is 0. The minimum Gasteiger partial charge on any atom is -0.465 e. The molecular weight excluding hydrogens is 399 g/mol. The number of nitrogens with two attached hydrogens (primary N) is 1. The lowest BCUT2D eigenvalue weighted by Gasteiger charge is -2.29. The predicted molar refractivity (Wildman–Crippen MR) is 113 cm³/mol. The van der Waals surface area contributed by atoms with Gasteiger partial charge >= 0.3 is 5.97 Å². The first kappa shape index (κ1) is 20.4. The molecule has 3 aromatic rings. The number of rotatable bonds is 4. The lowest BCUT2D eigenvalue weighted by atomic mass is 9.83. The van der Waals surface area contributed by atoms with E-state index in [4.69, 9.17) is 15.2 Å². The van der Waals surface area contributed by atoms with E-state index < -0.39 is 17.7 Å². The van der Waals surface area contributed by atoms with Crippen LogP contribution in [-0.4, -0.2) is 17.6 Å². The van der Waals surface area contributed by atoms with Crippen molar-refractivity contribution in [3.05, 3.63) is 111 Å². The maximum Gasteiger partial charge on any atom is 0.340 e. The summed E-state index contributed by atoms with van der Waals surface area (Å²) in [7, 11) is 1.22. The molecule has 0 unspecified atom stereocenters. The van der Waals surface area contributed by atoms with Crippen LogP contribution in [0.15, 0.2) is 76.9 Å². The summed E-state index contributed by atoms with van der Waals surface area (Å²) in [5.41, 5.74) is 8.17. The monoisotopic (exact) mass is 420 g/mol. The van der Waals surface area contributed by atoms with E-state index in [1.807, 2.05) is 30.3 Å². The van der Waals surface area contributed by atoms with Crippen molar-refractivity contribution in [2.75, 3.05) is 7.11 Å². The fourth-order valence-electron chi connectivity index (χ4n) is 3.85. The summed E-state index contributed by atoms with van der Waals surface area (Å²) in [6.07, 6.45) is 0. The van der Waals surface area contributed by atoms with Crippen LogP contribution in [0, 0.1) is 12.7 Å². The molecule has 2 N–H and O–H groups in total. The molecule has 7 heteroatoms. The van der Waals surface area contributed by atoms with Gasteiger partial charge in [-0.2, -0.15) is 0 Å². The number of pyridine rings is 1. The van der Waals surface area contributed by atoms with Gasteiger partial charge in [0.1, 0.15) is 17.1 Å². The molecule has 31 heavy (non-hydrogen) atoms. The van der Waals surface area contributed by atoms with Gasteiger partial charge in [0.15, 0.2) is 0 Å². The Kier molecular flexibility index (Phi) is 5.33. The third-order valence-corrected chi connectivity index (χ3v) is 5.36. The Morgan fingerprint density at radius 3 is 2.48 bits per heavy atom. The second kappa shape index (κ2) is 8.10. The van der Waals surface area contributed by atoms with Crippen LogP contribution in [0.5, 0.6) is 5.75 Å². The highest BCUT2D eigenvalue weighted by molar-refractivity contribution is 5.92. The molecule has 0 radical (unpaired) electrons.